The fourth-order valence-corrected chi connectivity index (χ4v) is 4.24. The lowest BCUT2D eigenvalue weighted by Gasteiger charge is -2.25. The Morgan fingerprint density at radius 2 is 1.69 bits per heavy atom. The Bertz CT molecular complexity index is 1240. The number of halogens is 1. The van der Waals surface area contributed by atoms with Gasteiger partial charge in [0.15, 0.2) is 0 Å². The number of hydrogen-bond acceptors (Lipinski definition) is 5. The molecule has 1 amide bonds. The molecular weight excluding hydrogens is 472 g/mol. The zero-order valence-corrected chi connectivity index (χ0v) is 19.4. The van der Waals surface area contributed by atoms with E-state index in [2.05, 4.69) is 20.9 Å². The number of ketones is 1. The van der Waals surface area contributed by atoms with Crippen LogP contribution in [0.1, 0.15) is 28.3 Å². The Morgan fingerprint density at radius 1 is 1.03 bits per heavy atom. The van der Waals surface area contributed by atoms with Gasteiger partial charge in [0.2, 0.25) is 0 Å². The lowest BCUT2D eigenvalue weighted by Crippen LogP contribution is -2.29. The third-order valence-electron chi connectivity index (χ3n) is 5.57. The standard InChI is InChI=1S/C25H21BrN2O4/c1-14-13-20(32-3)15(2)12-19(14)23(29)21-22(16-8-10-27-11-9-16)28(25(31)24(21)30)18-6-4-17(26)5-7-18/h4-13,22,29H,1-3H3/b23-21+. The summed E-state index contributed by atoms with van der Waals surface area (Å²) >= 11 is 3.39. The molecule has 1 aliphatic rings. The van der Waals surface area contributed by atoms with Crippen molar-refractivity contribution in [2.45, 2.75) is 19.9 Å². The molecule has 1 atom stereocenters. The minimum atomic E-state index is -0.791. The van der Waals surface area contributed by atoms with Gasteiger partial charge in [0.25, 0.3) is 11.7 Å². The van der Waals surface area contributed by atoms with Gasteiger partial charge >= 0.3 is 0 Å². The number of anilines is 1. The zero-order chi connectivity index (χ0) is 23.0. The molecule has 7 heteroatoms. The number of carbonyl (C=O) groups is 2. The van der Waals surface area contributed by atoms with Crippen molar-refractivity contribution in [2.24, 2.45) is 0 Å². The van der Waals surface area contributed by atoms with Crippen molar-refractivity contribution < 1.29 is 19.4 Å². The molecule has 32 heavy (non-hydrogen) atoms. The number of methoxy groups -OCH3 is 1. The molecule has 1 saturated heterocycles. The summed E-state index contributed by atoms with van der Waals surface area (Å²) in [5, 5.41) is 11.3. The van der Waals surface area contributed by atoms with Crippen LogP contribution in [0, 0.1) is 13.8 Å². The summed E-state index contributed by atoms with van der Waals surface area (Å²) in [5.74, 6) is -0.966. The van der Waals surface area contributed by atoms with Crippen LogP contribution in [-0.2, 0) is 9.59 Å². The van der Waals surface area contributed by atoms with Crippen molar-refractivity contribution in [3.05, 3.63) is 93.2 Å². The monoisotopic (exact) mass is 492 g/mol. The van der Waals surface area contributed by atoms with Crippen LogP contribution >= 0.6 is 15.9 Å². The molecule has 6 nitrogen and oxygen atoms in total. The number of pyridine rings is 1. The molecule has 2 heterocycles. The number of benzene rings is 2. The third kappa shape index (κ3) is 3.69. The highest BCUT2D eigenvalue weighted by atomic mass is 79.9. The fourth-order valence-electron chi connectivity index (χ4n) is 3.97. The number of rotatable bonds is 4. The highest BCUT2D eigenvalue weighted by Crippen LogP contribution is 2.43. The van der Waals surface area contributed by atoms with E-state index in [1.807, 2.05) is 13.8 Å². The molecule has 3 aromatic rings. The largest absolute Gasteiger partial charge is 0.507 e. The van der Waals surface area contributed by atoms with Crippen LogP contribution in [0.4, 0.5) is 5.69 Å². The van der Waals surface area contributed by atoms with Crippen LogP contribution in [0.3, 0.4) is 0 Å². The lowest BCUT2D eigenvalue weighted by atomic mass is 9.93. The van der Waals surface area contributed by atoms with E-state index < -0.39 is 17.7 Å². The summed E-state index contributed by atoms with van der Waals surface area (Å²) < 4.78 is 6.21. The number of ether oxygens (including phenoxy) is 1. The van der Waals surface area contributed by atoms with Crippen molar-refractivity contribution in [2.75, 3.05) is 12.0 Å². The van der Waals surface area contributed by atoms with Gasteiger partial charge in [-0.1, -0.05) is 15.9 Å². The van der Waals surface area contributed by atoms with Gasteiger partial charge in [-0.15, -0.1) is 0 Å². The summed E-state index contributed by atoms with van der Waals surface area (Å²) in [4.78, 5) is 31.8. The molecule has 2 aromatic carbocycles. The maximum atomic E-state index is 13.2. The van der Waals surface area contributed by atoms with Gasteiger partial charge in [-0.2, -0.15) is 0 Å². The Morgan fingerprint density at radius 3 is 2.31 bits per heavy atom. The number of amides is 1. The second-order valence-electron chi connectivity index (χ2n) is 7.56. The molecule has 0 aliphatic carbocycles. The van der Waals surface area contributed by atoms with E-state index in [1.165, 1.54) is 4.90 Å². The molecule has 1 fully saturated rings. The normalized spacial score (nSPS) is 17.6. The van der Waals surface area contributed by atoms with Gasteiger partial charge in [-0.25, -0.2) is 0 Å². The number of aliphatic hydroxyl groups is 1. The number of aryl methyl sites for hydroxylation is 2. The number of nitrogens with zero attached hydrogens (tertiary/aromatic N) is 2. The SMILES string of the molecule is COc1cc(C)c(/C(O)=C2\C(=O)C(=O)N(c3ccc(Br)cc3)C2c2ccncc2)cc1C. The molecule has 1 aliphatic heterocycles. The van der Waals surface area contributed by atoms with Crippen molar-refractivity contribution in [1.29, 1.82) is 0 Å². The van der Waals surface area contributed by atoms with Crippen LogP contribution in [0.5, 0.6) is 5.75 Å². The smallest absolute Gasteiger partial charge is 0.300 e. The predicted molar refractivity (Wildman–Crippen MR) is 126 cm³/mol. The molecule has 0 radical (unpaired) electrons. The summed E-state index contributed by atoms with van der Waals surface area (Å²) in [5.41, 5.74) is 3.29. The lowest BCUT2D eigenvalue weighted by molar-refractivity contribution is -0.132. The topological polar surface area (TPSA) is 79.7 Å². The highest BCUT2D eigenvalue weighted by Gasteiger charge is 2.47. The van der Waals surface area contributed by atoms with Gasteiger partial charge < -0.3 is 9.84 Å². The average Bonchev–Trinajstić information content (AvgIpc) is 3.06. The maximum absolute atomic E-state index is 13.2. The summed E-state index contributed by atoms with van der Waals surface area (Å²) in [7, 11) is 1.58. The highest BCUT2D eigenvalue weighted by molar-refractivity contribution is 9.10. The summed E-state index contributed by atoms with van der Waals surface area (Å²) in [6.07, 6.45) is 3.19. The van der Waals surface area contributed by atoms with Crippen LogP contribution < -0.4 is 9.64 Å². The van der Waals surface area contributed by atoms with E-state index in [0.29, 0.717) is 22.6 Å². The van der Waals surface area contributed by atoms with E-state index in [1.54, 1.807) is 68.0 Å². The molecule has 1 aromatic heterocycles. The van der Waals surface area contributed by atoms with Gasteiger partial charge in [-0.05, 0) is 79.1 Å². The first-order valence-corrected chi connectivity index (χ1v) is 10.7. The first-order valence-electron chi connectivity index (χ1n) is 9.95. The van der Waals surface area contributed by atoms with E-state index in [-0.39, 0.29) is 11.3 Å². The third-order valence-corrected chi connectivity index (χ3v) is 6.10. The first kappa shape index (κ1) is 21.8. The average molecular weight is 493 g/mol. The quantitative estimate of drug-likeness (QED) is 0.311. The van der Waals surface area contributed by atoms with E-state index in [9.17, 15) is 14.7 Å². The Labute approximate surface area is 194 Å². The summed E-state index contributed by atoms with van der Waals surface area (Å²) in [6.45, 7) is 3.68. The van der Waals surface area contributed by atoms with Crippen molar-refractivity contribution in [3.63, 3.8) is 0 Å². The Kier molecular flexibility index (Phi) is 5.84. The van der Waals surface area contributed by atoms with E-state index in [4.69, 9.17) is 4.74 Å². The maximum Gasteiger partial charge on any atom is 0.300 e. The molecule has 162 valence electrons. The molecule has 0 saturated carbocycles. The predicted octanol–water partition coefficient (Wildman–Crippen LogP) is 5.10. The second kappa shape index (κ2) is 8.59. The number of carbonyl (C=O) groups excluding carboxylic acids is 2. The molecule has 0 spiro atoms. The Hall–Kier alpha value is -3.45. The van der Waals surface area contributed by atoms with Crippen molar-refractivity contribution in [1.82, 2.24) is 4.98 Å². The minimum absolute atomic E-state index is 0.0387. The summed E-state index contributed by atoms with van der Waals surface area (Å²) in [6, 6.07) is 13.4. The number of aromatic nitrogens is 1. The molecule has 0 bridgehead atoms. The van der Waals surface area contributed by atoms with Gasteiger partial charge in [0, 0.05) is 28.1 Å². The minimum Gasteiger partial charge on any atom is -0.507 e. The molecule has 4 rings (SSSR count). The van der Waals surface area contributed by atoms with Gasteiger partial charge in [-0.3, -0.25) is 19.5 Å². The number of hydrogen-bond donors (Lipinski definition) is 1. The van der Waals surface area contributed by atoms with Crippen molar-refractivity contribution in [3.8, 4) is 5.75 Å². The number of aliphatic hydroxyl groups excluding tert-OH is 1. The van der Waals surface area contributed by atoms with Crippen LogP contribution in [0.25, 0.3) is 5.76 Å². The molecule has 1 unspecified atom stereocenters. The first-order chi connectivity index (χ1) is 15.3. The Balaban J connectivity index is 1.96. The number of Topliss-reactive ketones (excluding diaryl/α,β-unsaturated/α-hetero) is 1. The zero-order valence-electron chi connectivity index (χ0n) is 17.8. The van der Waals surface area contributed by atoms with Crippen LogP contribution in [-0.4, -0.2) is 28.9 Å². The molecular formula is C25H21BrN2O4. The van der Waals surface area contributed by atoms with Crippen LogP contribution in [0.2, 0.25) is 0 Å². The van der Waals surface area contributed by atoms with Crippen LogP contribution in [0.15, 0.2) is 71.0 Å². The van der Waals surface area contributed by atoms with Gasteiger partial charge in [0.05, 0.1) is 18.7 Å². The fraction of sp³-hybridized carbons (Fsp3) is 0.160. The van der Waals surface area contributed by atoms with E-state index >= 15 is 0 Å². The van der Waals surface area contributed by atoms with Crippen molar-refractivity contribution >= 4 is 39.1 Å². The van der Waals surface area contributed by atoms with E-state index in [0.717, 1.165) is 15.6 Å². The van der Waals surface area contributed by atoms with Gasteiger partial charge in [0.1, 0.15) is 11.5 Å². The molecule has 1 N–H and O–H groups in total. The second-order valence-corrected chi connectivity index (χ2v) is 8.48.